The van der Waals surface area contributed by atoms with Crippen LogP contribution in [0, 0.1) is 13.8 Å². The fourth-order valence-corrected chi connectivity index (χ4v) is 3.78. The number of imidazole rings is 1. The standard InChI is InChI=1S/C20H25ClN6O4/c1-11-9-23-14(12(2)16(11)30-4)10-27-18-15(17(21)24-19(22)25-18)26(20(27)29)7-5-6-8-31-13(3)28/h9H,5-8,10H2,1-4H3,(H2,22,24,25). The van der Waals surface area contributed by atoms with Gasteiger partial charge in [-0.15, -0.1) is 0 Å². The molecule has 0 aliphatic rings. The Hall–Kier alpha value is -3.14. The van der Waals surface area contributed by atoms with Crippen LogP contribution < -0.4 is 16.2 Å². The van der Waals surface area contributed by atoms with Crippen LogP contribution in [0.15, 0.2) is 11.0 Å². The Balaban J connectivity index is 2.01. The number of aryl methyl sites for hydroxylation is 2. The molecule has 0 radical (unpaired) electrons. The average Bonchev–Trinajstić information content (AvgIpc) is 2.95. The Kier molecular flexibility index (Phi) is 6.79. The van der Waals surface area contributed by atoms with Gasteiger partial charge in [-0.1, -0.05) is 11.6 Å². The molecule has 0 unspecified atom stereocenters. The summed E-state index contributed by atoms with van der Waals surface area (Å²) in [5, 5.41) is 0.101. The lowest BCUT2D eigenvalue weighted by Crippen LogP contribution is -2.26. The molecule has 3 heterocycles. The highest BCUT2D eigenvalue weighted by atomic mass is 35.5. The third-order valence-electron chi connectivity index (χ3n) is 4.97. The number of nitrogen functional groups attached to an aromatic ring is 1. The van der Waals surface area contributed by atoms with Gasteiger partial charge in [-0.25, -0.2) is 4.79 Å². The lowest BCUT2D eigenvalue weighted by atomic mass is 10.1. The van der Waals surface area contributed by atoms with Gasteiger partial charge in [0.25, 0.3) is 0 Å². The molecule has 0 spiro atoms. The minimum Gasteiger partial charge on any atom is -0.496 e. The topological polar surface area (TPSA) is 127 Å². The molecule has 166 valence electrons. The predicted octanol–water partition coefficient (Wildman–Crippen LogP) is 2.24. The second-order valence-electron chi connectivity index (χ2n) is 7.16. The Labute approximate surface area is 184 Å². The summed E-state index contributed by atoms with van der Waals surface area (Å²) in [6, 6.07) is 0. The maximum Gasteiger partial charge on any atom is 0.330 e. The van der Waals surface area contributed by atoms with E-state index in [9.17, 15) is 9.59 Å². The molecule has 0 saturated heterocycles. The molecule has 0 amide bonds. The first-order valence-corrected chi connectivity index (χ1v) is 10.2. The summed E-state index contributed by atoms with van der Waals surface area (Å²) in [4.78, 5) is 36.9. The number of fused-ring (bicyclic) bond motifs is 1. The minimum absolute atomic E-state index is 0.0237. The number of nitrogens with two attached hydrogens (primary N) is 1. The average molecular weight is 449 g/mol. The van der Waals surface area contributed by atoms with E-state index in [1.54, 1.807) is 13.3 Å². The van der Waals surface area contributed by atoms with E-state index < -0.39 is 0 Å². The normalized spacial score (nSPS) is 11.1. The van der Waals surface area contributed by atoms with Crippen molar-refractivity contribution in [1.29, 1.82) is 0 Å². The summed E-state index contributed by atoms with van der Waals surface area (Å²) in [7, 11) is 1.60. The number of esters is 1. The molecule has 31 heavy (non-hydrogen) atoms. The molecule has 0 bridgehead atoms. The van der Waals surface area contributed by atoms with E-state index in [-0.39, 0.29) is 35.9 Å². The zero-order valence-corrected chi connectivity index (χ0v) is 18.7. The second-order valence-corrected chi connectivity index (χ2v) is 7.52. The highest BCUT2D eigenvalue weighted by Crippen LogP contribution is 2.26. The van der Waals surface area contributed by atoms with Gasteiger partial charge < -0.3 is 15.2 Å². The van der Waals surface area contributed by atoms with Crippen molar-refractivity contribution in [2.24, 2.45) is 0 Å². The third kappa shape index (κ3) is 4.63. The molecule has 10 nitrogen and oxygen atoms in total. The molecule has 3 rings (SSSR count). The van der Waals surface area contributed by atoms with Crippen LogP contribution in [0.2, 0.25) is 5.15 Å². The van der Waals surface area contributed by atoms with Crippen molar-refractivity contribution < 1.29 is 14.3 Å². The first-order valence-electron chi connectivity index (χ1n) is 9.79. The summed E-state index contributed by atoms with van der Waals surface area (Å²) < 4.78 is 13.4. The molecule has 11 heteroatoms. The summed E-state index contributed by atoms with van der Waals surface area (Å²) in [5.74, 6) is 0.362. The van der Waals surface area contributed by atoms with E-state index in [1.807, 2.05) is 13.8 Å². The van der Waals surface area contributed by atoms with Crippen LogP contribution in [0.3, 0.4) is 0 Å². The number of nitrogens with zero attached hydrogens (tertiary/aromatic N) is 5. The highest BCUT2D eigenvalue weighted by molar-refractivity contribution is 6.33. The molecule has 0 aliphatic heterocycles. The SMILES string of the molecule is COc1c(C)cnc(Cn2c(=O)n(CCCCOC(C)=O)c3c(Cl)nc(N)nc32)c1C. The van der Waals surface area contributed by atoms with Crippen molar-refractivity contribution >= 4 is 34.7 Å². The van der Waals surface area contributed by atoms with Crippen molar-refractivity contribution in [1.82, 2.24) is 24.1 Å². The number of pyridine rings is 1. The molecule has 0 atom stereocenters. The number of unbranched alkanes of at least 4 members (excludes halogenated alkanes) is 1. The fraction of sp³-hybridized carbons (Fsp3) is 0.450. The number of halogens is 1. The van der Waals surface area contributed by atoms with Crippen molar-refractivity contribution in [2.45, 2.75) is 46.7 Å². The molecule has 0 fully saturated rings. The van der Waals surface area contributed by atoms with Gasteiger partial charge >= 0.3 is 11.7 Å². The Bertz CT molecular complexity index is 1190. The number of methoxy groups -OCH3 is 1. The zero-order valence-electron chi connectivity index (χ0n) is 17.9. The smallest absolute Gasteiger partial charge is 0.330 e. The van der Waals surface area contributed by atoms with Crippen molar-refractivity contribution in [3.05, 3.63) is 38.7 Å². The molecule has 0 aliphatic carbocycles. The van der Waals surface area contributed by atoms with Crippen LogP contribution >= 0.6 is 11.6 Å². The first kappa shape index (κ1) is 22.5. The summed E-state index contributed by atoms with van der Waals surface area (Å²) in [5.41, 5.74) is 8.65. The van der Waals surface area contributed by atoms with Gasteiger partial charge in [-0.05, 0) is 26.7 Å². The number of carbonyl (C=O) groups excluding carboxylic acids is 1. The van der Waals surface area contributed by atoms with E-state index in [1.165, 1.54) is 16.1 Å². The van der Waals surface area contributed by atoms with Crippen molar-refractivity contribution in [3.8, 4) is 5.75 Å². The second kappa shape index (κ2) is 9.34. The van der Waals surface area contributed by atoms with Crippen LogP contribution in [0.25, 0.3) is 11.2 Å². The molecular formula is C20H25ClN6O4. The summed E-state index contributed by atoms with van der Waals surface area (Å²) >= 11 is 6.33. The van der Waals surface area contributed by atoms with E-state index in [4.69, 9.17) is 26.8 Å². The van der Waals surface area contributed by atoms with Crippen molar-refractivity contribution in [3.63, 3.8) is 0 Å². The Morgan fingerprint density at radius 1 is 1.23 bits per heavy atom. The van der Waals surface area contributed by atoms with E-state index in [0.717, 1.165) is 16.9 Å². The lowest BCUT2D eigenvalue weighted by Gasteiger charge is -2.12. The number of hydrogen-bond acceptors (Lipinski definition) is 8. The van der Waals surface area contributed by atoms with Crippen molar-refractivity contribution in [2.75, 3.05) is 19.5 Å². The fourth-order valence-electron chi connectivity index (χ4n) is 3.50. The van der Waals surface area contributed by atoms with Gasteiger partial charge in [0.15, 0.2) is 10.8 Å². The molecule has 0 aromatic carbocycles. The number of ether oxygens (including phenoxy) is 2. The Morgan fingerprint density at radius 2 is 1.97 bits per heavy atom. The number of carbonyl (C=O) groups is 1. The van der Waals surface area contributed by atoms with Crippen LogP contribution in [0.4, 0.5) is 5.95 Å². The third-order valence-corrected chi connectivity index (χ3v) is 5.23. The van der Waals surface area contributed by atoms with Gasteiger partial charge in [0.2, 0.25) is 5.95 Å². The zero-order chi connectivity index (χ0) is 22.7. The minimum atomic E-state index is -0.336. The molecule has 2 N–H and O–H groups in total. The summed E-state index contributed by atoms with van der Waals surface area (Å²) in [6.07, 6.45) is 2.90. The Morgan fingerprint density at radius 3 is 2.65 bits per heavy atom. The van der Waals surface area contributed by atoms with Gasteiger partial charge in [-0.2, -0.15) is 9.97 Å². The van der Waals surface area contributed by atoms with Gasteiger partial charge in [0.05, 0.1) is 26.0 Å². The van der Waals surface area contributed by atoms with E-state index in [0.29, 0.717) is 36.2 Å². The lowest BCUT2D eigenvalue weighted by molar-refractivity contribution is -0.141. The van der Waals surface area contributed by atoms with Crippen LogP contribution in [-0.2, 0) is 22.6 Å². The molecule has 3 aromatic heterocycles. The van der Waals surface area contributed by atoms with Crippen LogP contribution in [0.1, 0.15) is 36.6 Å². The molecular weight excluding hydrogens is 424 g/mol. The van der Waals surface area contributed by atoms with Gasteiger partial charge in [0.1, 0.15) is 11.3 Å². The maximum atomic E-state index is 13.3. The number of aromatic nitrogens is 5. The largest absolute Gasteiger partial charge is 0.496 e. The monoisotopic (exact) mass is 448 g/mol. The molecule has 3 aromatic rings. The van der Waals surface area contributed by atoms with E-state index in [2.05, 4.69) is 15.0 Å². The summed E-state index contributed by atoms with van der Waals surface area (Å²) in [6.45, 7) is 5.97. The maximum absolute atomic E-state index is 13.3. The predicted molar refractivity (Wildman–Crippen MR) is 116 cm³/mol. The number of hydrogen-bond donors (Lipinski definition) is 1. The first-order chi connectivity index (χ1) is 14.7. The number of rotatable bonds is 8. The highest BCUT2D eigenvalue weighted by Gasteiger charge is 2.21. The molecule has 0 saturated carbocycles. The van der Waals surface area contributed by atoms with Crippen LogP contribution in [-0.4, -0.2) is 43.8 Å². The van der Waals surface area contributed by atoms with Crippen LogP contribution in [0.5, 0.6) is 5.75 Å². The van der Waals surface area contributed by atoms with Gasteiger partial charge in [-0.3, -0.25) is 18.9 Å². The number of anilines is 1. The van der Waals surface area contributed by atoms with E-state index >= 15 is 0 Å². The van der Waals surface area contributed by atoms with Gasteiger partial charge in [0, 0.05) is 30.8 Å². The quantitative estimate of drug-likeness (QED) is 0.315.